The molecule has 1 aliphatic rings. The Labute approximate surface area is 206 Å². The van der Waals surface area contributed by atoms with Gasteiger partial charge < -0.3 is 29.4 Å². The molecule has 1 saturated heterocycles. The Hall–Kier alpha value is -3.18. The number of carbonyl (C=O) groups is 2. The van der Waals surface area contributed by atoms with Crippen LogP contribution in [-0.4, -0.2) is 89.3 Å². The molecule has 2 N–H and O–H groups in total. The second kappa shape index (κ2) is 12.5. The van der Waals surface area contributed by atoms with Gasteiger partial charge in [0.05, 0.1) is 19.3 Å². The fourth-order valence-electron chi connectivity index (χ4n) is 3.60. The Bertz CT molecular complexity index is 953. The third kappa shape index (κ3) is 8.52. The normalized spacial score (nSPS) is 15.3. The lowest BCUT2D eigenvalue weighted by molar-refractivity contribution is 0.00640. The van der Waals surface area contributed by atoms with Gasteiger partial charge in [-0.25, -0.2) is 4.79 Å². The summed E-state index contributed by atoms with van der Waals surface area (Å²) < 4.78 is 18.3. The van der Waals surface area contributed by atoms with E-state index < -0.39 is 11.7 Å². The van der Waals surface area contributed by atoms with Gasteiger partial charge >= 0.3 is 6.09 Å². The van der Waals surface area contributed by atoms with Gasteiger partial charge in [-0.1, -0.05) is 18.2 Å². The van der Waals surface area contributed by atoms with Gasteiger partial charge in [0.25, 0.3) is 5.91 Å². The topological polar surface area (TPSA) is 120 Å². The van der Waals surface area contributed by atoms with Crippen LogP contribution in [0.5, 0.6) is 5.75 Å². The minimum Gasteiger partial charge on any atom is -0.492 e. The largest absolute Gasteiger partial charge is 0.492 e. The first kappa shape index (κ1) is 26.4. The molecule has 35 heavy (non-hydrogen) atoms. The molecule has 2 amide bonds. The van der Waals surface area contributed by atoms with Gasteiger partial charge in [0.2, 0.25) is 5.82 Å². The summed E-state index contributed by atoms with van der Waals surface area (Å²) in [6, 6.07) is 9.59. The number of alkyl carbamates (subject to hydrolysis) is 1. The number of nitrogens with zero attached hydrogens (tertiary/aromatic N) is 4. The number of amides is 2. The van der Waals surface area contributed by atoms with Crippen LogP contribution < -0.4 is 15.4 Å². The fraction of sp³-hybridized carbons (Fsp3) is 0.583. The SMILES string of the molecule is Cn1c(CCNC(=O)OC(C)(C)C)nnc1C(=O)NCC(COc1ccccc1)N1CCOCC1. The van der Waals surface area contributed by atoms with Crippen LogP contribution in [0.2, 0.25) is 0 Å². The fourth-order valence-corrected chi connectivity index (χ4v) is 3.60. The van der Waals surface area contributed by atoms with E-state index in [4.69, 9.17) is 14.2 Å². The monoisotopic (exact) mass is 488 g/mol. The summed E-state index contributed by atoms with van der Waals surface area (Å²) in [6.45, 7) is 9.41. The second-order valence-electron chi connectivity index (χ2n) is 9.31. The molecule has 192 valence electrons. The molecule has 0 bridgehead atoms. The Kier molecular flexibility index (Phi) is 9.44. The van der Waals surface area contributed by atoms with E-state index in [2.05, 4.69) is 25.7 Å². The zero-order valence-electron chi connectivity index (χ0n) is 21.0. The number of benzene rings is 1. The molecular formula is C24H36N6O5. The van der Waals surface area contributed by atoms with Crippen LogP contribution in [0.4, 0.5) is 4.79 Å². The van der Waals surface area contributed by atoms with E-state index in [9.17, 15) is 9.59 Å². The summed E-state index contributed by atoms with van der Waals surface area (Å²) in [4.78, 5) is 26.9. The van der Waals surface area contributed by atoms with E-state index >= 15 is 0 Å². The number of nitrogens with one attached hydrogen (secondary N) is 2. The van der Waals surface area contributed by atoms with E-state index in [0.29, 0.717) is 45.2 Å². The van der Waals surface area contributed by atoms with Crippen molar-refractivity contribution in [2.24, 2.45) is 7.05 Å². The molecule has 2 aromatic rings. The quantitative estimate of drug-likeness (QED) is 0.515. The van der Waals surface area contributed by atoms with Crippen LogP contribution in [0.15, 0.2) is 30.3 Å². The van der Waals surface area contributed by atoms with Gasteiger partial charge in [-0.05, 0) is 32.9 Å². The number of hydrogen-bond donors (Lipinski definition) is 2. The van der Waals surface area contributed by atoms with Crippen LogP contribution in [0.25, 0.3) is 0 Å². The average Bonchev–Trinajstić information content (AvgIpc) is 3.19. The molecular weight excluding hydrogens is 452 g/mol. The molecule has 2 heterocycles. The summed E-state index contributed by atoms with van der Waals surface area (Å²) in [5, 5.41) is 13.8. The average molecular weight is 489 g/mol. The van der Waals surface area contributed by atoms with E-state index in [1.807, 2.05) is 30.3 Å². The molecule has 0 radical (unpaired) electrons. The van der Waals surface area contributed by atoms with Gasteiger partial charge in [0.15, 0.2) is 0 Å². The van der Waals surface area contributed by atoms with Crippen LogP contribution in [-0.2, 0) is 22.9 Å². The predicted molar refractivity (Wildman–Crippen MR) is 129 cm³/mol. The molecule has 0 spiro atoms. The highest BCUT2D eigenvalue weighted by atomic mass is 16.6. The van der Waals surface area contributed by atoms with Crippen molar-refractivity contribution in [2.45, 2.75) is 38.8 Å². The first-order valence-electron chi connectivity index (χ1n) is 11.9. The van der Waals surface area contributed by atoms with Crippen LogP contribution >= 0.6 is 0 Å². The Morgan fingerprint density at radius 1 is 1.11 bits per heavy atom. The van der Waals surface area contributed by atoms with E-state index in [1.165, 1.54) is 0 Å². The second-order valence-corrected chi connectivity index (χ2v) is 9.31. The maximum atomic E-state index is 12.9. The summed E-state index contributed by atoms with van der Waals surface area (Å²) in [5.74, 6) is 1.27. The molecule has 1 aromatic heterocycles. The predicted octanol–water partition coefficient (Wildman–Crippen LogP) is 1.39. The zero-order valence-corrected chi connectivity index (χ0v) is 21.0. The van der Waals surface area contributed by atoms with Crippen molar-refractivity contribution in [3.8, 4) is 5.75 Å². The number of rotatable bonds is 10. The number of ether oxygens (including phenoxy) is 3. The number of aromatic nitrogens is 3. The Morgan fingerprint density at radius 2 is 1.83 bits per heavy atom. The van der Waals surface area contributed by atoms with Crippen molar-refractivity contribution in [3.05, 3.63) is 42.0 Å². The summed E-state index contributed by atoms with van der Waals surface area (Å²) >= 11 is 0. The van der Waals surface area contributed by atoms with Gasteiger partial charge in [-0.2, -0.15) is 0 Å². The Morgan fingerprint density at radius 3 is 2.51 bits per heavy atom. The summed E-state index contributed by atoms with van der Waals surface area (Å²) in [5.41, 5.74) is -0.564. The third-order valence-corrected chi connectivity index (χ3v) is 5.43. The van der Waals surface area contributed by atoms with Gasteiger partial charge in [0, 0.05) is 39.6 Å². The van der Waals surface area contributed by atoms with E-state index in [0.717, 1.165) is 18.8 Å². The minimum atomic E-state index is -0.564. The van der Waals surface area contributed by atoms with Crippen molar-refractivity contribution in [1.29, 1.82) is 0 Å². The summed E-state index contributed by atoms with van der Waals surface area (Å²) in [7, 11) is 1.73. The molecule has 11 heteroatoms. The molecule has 1 atom stereocenters. The van der Waals surface area contributed by atoms with Crippen molar-refractivity contribution >= 4 is 12.0 Å². The van der Waals surface area contributed by atoms with Crippen molar-refractivity contribution in [2.75, 3.05) is 46.0 Å². The van der Waals surface area contributed by atoms with E-state index in [1.54, 1.807) is 32.4 Å². The third-order valence-electron chi connectivity index (χ3n) is 5.43. The van der Waals surface area contributed by atoms with Crippen LogP contribution in [0, 0.1) is 0 Å². The minimum absolute atomic E-state index is 0.0196. The van der Waals surface area contributed by atoms with Gasteiger partial charge in [0.1, 0.15) is 23.8 Å². The first-order chi connectivity index (χ1) is 16.7. The molecule has 1 aromatic carbocycles. The lowest BCUT2D eigenvalue weighted by Gasteiger charge is -2.34. The Balaban J connectivity index is 1.53. The molecule has 1 unspecified atom stereocenters. The van der Waals surface area contributed by atoms with Gasteiger partial charge in [-0.3, -0.25) is 9.69 Å². The molecule has 1 aliphatic heterocycles. The van der Waals surface area contributed by atoms with Crippen molar-refractivity contribution in [3.63, 3.8) is 0 Å². The zero-order chi connectivity index (χ0) is 25.3. The first-order valence-corrected chi connectivity index (χ1v) is 11.9. The van der Waals surface area contributed by atoms with Crippen LogP contribution in [0.1, 0.15) is 37.2 Å². The van der Waals surface area contributed by atoms with Gasteiger partial charge in [-0.15, -0.1) is 10.2 Å². The standard InChI is InChI=1S/C24H36N6O5/c1-24(2,3)35-23(32)25-11-10-20-27-28-21(29(20)4)22(31)26-16-18(30-12-14-33-15-13-30)17-34-19-8-6-5-7-9-19/h5-9,18H,10-17H2,1-4H3,(H,25,32)(H,26,31). The molecule has 3 rings (SSSR count). The molecule has 0 aliphatic carbocycles. The highest BCUT2D eigenvalue weighted by Crippen LogP contribution is 2.12. The van der Waals surface area contributed by atoms with Crippen molar-refractivity contribution in [1.82, 2.24) is 30.3 Å². The van der Waals surface area contributed by atoms with E-state index in [-0.39, 0.29) is 17.8 Å². The molecule has 11 nitrogen and oxygen atoms in total. The number of hydrogen-bond acceptors (Lipinski definition) is 8. The number of para-hydroxylation sites is 1. The summed E-state index contributed by atoms with van der Waals surface area (Å²) in [6.07, 6.45) is -0.0818. The molecule has 1 fully saturated rings. The van der Waals surface area contributed by atoms with Crippen molar-refractivity contribution < 1.29 is 23.8 Å². The lowest BCUT2D eigenvalue weighted by Crippen LogP contribution is -2.51. The molecule has 0 saturated carbocycles. The smallest absolute Gasteiger partial charge is 0.407 e. The maximum absolute atomic E-state index is 12.9. The highest BCUT2D eigenvalue weighted by Gasteiger charge is 2.24. The lowest BCUT2D eigenvalue weighted by atomic mass is 10.2. The highest BCUT2D eigenvalue weighted by molar-refractivity contribution is 5.90. The number of carbonyl (C=O) groups excluding carboxylic acids is 2. The number of morpholine rings is 1. The maximum Gasteiger partial charge on any atom is 0.407 e. The van der Waals surface area contributed by atoms with Crippen LogP contribution in [0.3, 0.4) is 0 Å².